The summed E-state index contributed by atoms with van der Waals surface area (Å²) in [6.07, 6.45) is 2.75. The van der Waals surface area contributed by atoms with Crippen LogP contribution in [-0.4, -0.2) is 22.2 Å². The van der Waals surface area contributed by atoms with E-state index in [-0.39, 0.29) is 0 Å². The number of anilines is 3. The van der Waals surface area contributed by atoms with Crippen LogP contribution in [0.3, 0.4) is 0 Å². The van der Waals surface area contributed by atoms with Crippen LogP contribution in [-0.2, 0) is 13.1 Å². The highest BCUT2D eigenvalue weighted by atomic mass is 16.3. The smallest absolute Gasteiger partial charge is 0.154 e. The minimum Gasteiger partial charge on any atom is -0.394 e. The average Bonchev–Trinajstić information content (AvgIpc) is 2.76. The molecule has 0 spiro atoms. The monoisotopic (exact) mass is 416 g/mol. The molecule has 1 saturated carbocycles. The van der Waals surface area contributed by atoms with Gasteiger partial charge in [-0.15, -0.1) is 0 Å². The van der Waals surface area contributed by atoms with Crippen molar-refractivity contribution in [3.8, 4) is 0 Å². The Kier molecular flexibility index (Phi) is 6.14. The third-order valence-corrected chi connectivity index (χ3v) is 6.31. The van der Waals surface area contributed by atoms with Gasteiger partial charge in [-0.3, -0.25) is 0 Å². The van der Waals surface area contributed by atoms with E-state index in [0.717, 1.165) is 42.0 Å². The topological polar surface area (TPSA) is 74.4 Å². The highest BCUT2D eigenvalue weighted by molar-refractivity contribution is 5.81. The third kappa shape index (κ3) is 4.83. The molecule has 3 aromatic rings. The first-order valence-corrected chi connectivity index (χ1v) is 11.0. The van der Waals surface area contributed by atoms with Gasteiger partial charge in [-0.1, -0.05) is 60.7 Å². The van der Waals surface area contributed by atoms with E-state index in [2.05, 4.69) is 58.7 Å². The van der Waals surface area contributed by atoms with Gasteiger partial charge in [0.1, 0.15) is 0 Å². The molecule has 1 aromatic heterocycles. The average molecular weight is 417 g/mol. The molecular formula is C26H32N4O. The zero-order chi connectivity index (χ0) is 21.8. The molecule has 0 bridgehead atoms. The van der Waals surface area contributed by atoms with Crippen LogP contribution in [0.25, 0.3) is 0 Å². The van der Waals surface area contributed by atoms with E-state index in [1.54, 1.807) is 0 Å². The Hall–Kier alpha value is -3.05. The lowest BCUT2D eigenvalue weighted by atomic mass is 9.80. The maximum Gasteiger partial charge on any atom is 0.154 e. The molecule has 4 rings (SSSR count). The Balaban J connectivity index is 1.68. The SMILES string of the molecule is Cc1nc(N(Cc2ccccc2)Cc2ccccc2)c(N)c(NCC2(O)CCC2)c1C. The van der Waals surface area contributed by atoms with Gasteiger partial charge < -0.3 is 21.1 Å². The van der Waals surface area contributed by atoms with E-state index >= 15 is 0 Å². The van der Waals surface area contributed by atoms with Crippen molar-refractivity contribution in [3.63, 3.8) is 0 Å². The molecule has 1 heterocycles. The van der Waals surface area contributed by atoms with E-state index in [1.807, 2.05) is 26.0 Å². The van der Waals surface area contributed by atoms with Gasteiger partial charge in [0.15, 0.2) is 5.82 Å². The van der Waals surface area contributed by atoms with Crippen LogP contribution >= 0.6 is 0 Å². The molecule has 0 unspecified atom stereocenters. The molecule has 4 N–H and O–H groups in total. The Morgan fingerprint density at radius 1 is 0.968 bits per heavy atom. The molecule has 0 aliphatic heterocycles. The van der Waals surface area contributed by atoms with Gasteiger partial charge in [-0.05, 0) is 49.8 Å². The number of hydrogen-bond donors (Lipinski definition) is 3. The number of nitrogen functional groups attached to an aromatic ring is 1. The Bertz CT molecular complexity index is 975. The molecule has 5 nitrogen and oxygen atoms in total. The number of nitrogens with zero attached hydrogens (tertiary/aromatic N) is 2. The Morgan fingerprint density at radius 3 is 2.00 bits per heavy atom. The van der Waals surface area contributed by atoms with Crippen LogP contribution in [0, 0.1) is 13.8 Å². The Morgan fingerprint density at radius 2 is 1.52 bits per heavy atom. The summed E-state index contributed by atoms with van der Waals surface area (Å²) >= 11 is 0. The highest BCUT2D eigenvalue weighted by Crippen LogP contribution is 2.37. The first-order chi connectivity index (χ1) is 15.0. The van der Waals surface area contributed by atoms with Crippen LogP contribution < -0.4 is 16.0 Å². The molecule has 1 aliphatic carbocycles. The lowest BCUT2D eigenvalue weighted by molar-refractivity contribution is -0.0201. The van der Waals surface area contributed by atoms with Crippen molar-refractivity contribution < 1.29 is 5.11 Å². The van der Waals surface area contributed by atoms with Crippen LogP contribution in [0.1, 0.15) is 41.6 Å². The lowest BCUT2D eigenvalue weighted by Crippen LogP contribution is -2.43. The number of hydrogen-bond acceptors (Lipinski definition) is 5. The van der Waals surface area contributed by atoms with Crippen LogP contribution in [0.4, 0.5) is 17.2 Å². The summed E-state index contributed by atoms with van der Waals surface area (Å²) in [7, 11) is 0. The molecule has 0 atom stereocenters. The largest absolute Gasteiger partial charge is 0.394 e. The zero-order valence-electron chi connectivity index (χ0n) is 18.4. The molecule has 5 heteroatoms. The van der Waals surface area contributed by atoms with Crippen molar-refractivity contribution in [1.29, 1.82) is 0 Å². The molecule has 0 radical (unpaired) electrons. The van der Waals surface area contributed by atoms with Gasteiger partial charge in [-0.2, -0.15) is 0 Å². The summed E-state index contributed by atoms with van der Waals surface area (Å²) in [5.74, 6) is 0.777. The number of aromatic nitrogens is 1. The van der Waals surface area contributed by atoms with Gasteiger partial charge >= 0.3 is 0 Å². The minimum atomic E-state index is -0.621. The molecular weight excluding hydrogens is 384 g/mol. The maximum atomic E-state index is 10.6. The fourth-order valence-electron chi connectivity index (χ4n) is 4.09. The van der Waals surface area contributed by atoms with Crippen LogP contribution in [0.15, 0.2) is 60.7 Å². The molecule has 2 aromatic carbocycles. The summed E-state index contributed by atoms with van der Waals surface area (Å²) < 4.78 is 0. The molecule has 162 valence electrons. The summed E-state index contributed by atoms with van der Waals surface area (Å²) in [6.45, 7) is 5.98. The van der Waals surface area contributed by atoms with Gasteiger partial charge in [0.05, 0.1) is 17.0 Å². The van der Waals surface area contributed by atoms with Gasteiger partial charge in [-0.25, -0.2) is 4.98 Å². The van der Waals surface area contributed by atoms with E-state index in [9.17, 15) is 5.11 Å². The zero-order valence-corrected chi connectivity index (χ0v) is 18.4. The standard InChI is InChI=1S/C26H32N4O/c1-19-20(2)29-25(23(27)24(19)28-18-26(31)14-9-15-26)30(16-21-10-5-3-6-11-21)17-22-12-7-4-8-13-22/h3-8,10-13,31H,9,14-18,27H2,1-2H3,(H,28,29). The predicted molar refractivity (Wildman–Crippen MR) is 128 cm³/mol. The third-order valence-electron chi connectivity index (χ3n) is 6.31. The van der Waals surface area contributed by atoms with E-state index in [4.69, 9.17) is 10.7 Å². The van der Waals surface area contributed by atoms with Crippen molar-refractivity contribution in [1.82, 2.24) is 4.98 Å². The van der Waals surface area contributed by atoms with Gasteiger partial charge in [0.25, 0.3) is 0 Å². The maximum absolute atomic E-state index is 10.6. The molecule has 0 amide bonds. The van der Waals surface area contributed by atoms with Crippen LogP contribution in [0.5, 0.6) is 0 Å². The molecule has 0 saturated heterocycles. The number of nitrogens with one attached hydrogen (secondary N) is 1. The van der Waals surface area contributed by atoms with E-state index in [1.165, 1.54) is 11.1 Å². The van der Waals surface area contributed by atoms with Crippen molar-refractivity contribution in [2.45, 2.75) is 51.8 Å². The van der Waals surface area contributed by atoms with Gasteiger partial charge in [0.2, 0.25) is 0 Å². The van der Waals surface area contributed by atoms with Gasteiger partial charge in [0, 0.05) is 25.3 Å². The number of aryl methyl sites for hydroxylation is 1. The molecule has 31 heavy (non-hydrogen) atoms. The summed E-state index contributed by atoms with van der Waals surface area (Å²) in [5, 5.41) is 14.0. The number of benzene rings is 2. The summed E-state index contributed by atoms with van der Waals surface area (Å²) in [4.78, 5) is 7.13. The fraction of sp³-hybridized carbons (Fsp3) is 0.346. The predicted octanol–water partition coefficient (Wildman–Crippen LogP) is 4.81. The normalized spacial score (nSPS) is 14.7. The number of rotatable bonds is 8. The van der Waals surface area contributed by atoms with Crippen LogP contribution in [0.2, 0.25) is 0 Å². The summed E-state index contributed by atoms with van der Waals surface area (Å²) in [6, 6.07) is 20.8. The molecule has 1 aliphatic rings. The lowest BCUT2D eigenvalue weighted by Gasteiger charge is -2.37. The number of aliphatic hydroxyl groups is 1. The summed E-state index contributed by atoms with van der Waals surface area (Å²) in [5.41, 5.74) is 12.0. The number of nitrogens with two attached hydrogens (primary N) is 1. The second-order valence-corrected chi connectivity index (χ2v) is 8.69. The minimum absolute atomic E-state index is 0.512. The van der Waals surface area contributed by atoms with Crippen molar-refractivity contribution >= 4 is 17.2 Å². The second kappa shape index (κ2) is 8.98. The fourth-order valence-corrected chi connectivity index (χ4v) is 4.09. The van der Waals surface area contributed by atoms with Crippen molar-refractivity contribution in [2.24, 2.45) is 0 Å². The molecule has 1 fully saturated rings. The van der Waals surface area contributed by atoms with Crippen molar-refractivity contribution in [3.05, 3.63) is 83.0 Å². The highest BCUT2D eigenvalue weighted by Gasteiger charge is 2.34. The number of pyridine rings is 1. The first-order valence-electron chi connectivity index (χ1n) is 11.0. The first kappa shape index (κ1) is 21.2. The van der Waals surface area contributed by atoms with E-state index in [0.29, 0.717) is 25.3 Å². The quantitative estimate of drug-likeness (QED) is 0.491. The Labute approximate surface area is 184 Å². The van der Waals surface area contributed by atoms with E-state index < -0.39 is 5.60 Å². The second-order valence-electron chi connectivity index (χ2n) is 8.69. The van der Waals surface area contributed by atoms with Crippen molar-refractivity contribution in [2.75, 3.05) is 22.5 Å².